The molecule has 1 amide bonds. The maximum absolute atomic E-state index is 12.7. The Morgan fingerprint density at radius 2 is 1.47 bits per heavy atom. The van der Waals surface area contributed by atoms with E-state index in [2.05, 4.69) is 20.1 Å². The van der Waals surface area contributed by atoms with Gasteiger partial charge in [0.25, 0.3) is 5.91 Å². The Kier molecular flexibility index (Phi) is 5.20. The Morgan fingerprint density at radius 3 is 2.13 bits per heavy atom. The van der Waals surface area contributed by atoms with Crippen LogP contribution in [-0.2, 0) is 0 Å². The van der Waals surface area contributed by atoms with E-state index in [1.54, 1.807) is 12.1 Å². The van der Waals surface area contributed by atoms with Gasteiger partial charge >= 0.3 is 0 Å². The Balaban J connectivity index is 1.42. The molecule has 0 unspecified atom stereocenters. The summed E-state index contributed by atoms with van der Waals surface area (Å²) in [5.74, 6) is 1.94. The van der Waals surface area contributed by atoms with E-state index in [1.165, 1.54) is 19.1 Å². The van der Waals surface area contributed by atoms with Crippen LogP contribution in [0.4, 0.5) is 11.6 Å². The van der Waals surface area contributed by atoms with E-state index in [0.717, 1.165) is 50.5 Å². The fourth-order valence-electron chi connectivity index (χ4n) is 4.22. The number of rotatable bonds is 3. The Hall–Kier alpha value is -3.17. The van der Waals surface area contributed by atoms with E-state index in [4.69, 9.17) is 19.0 Å². The van der Waals surface area contributed by atoms with Crippen LogP contribution < -0.4 is 9.80 Å². The largest absolute Gasteiger partial charge is 0.459 e. The summed E-state index contributed by atoms with van der Waals surface area (Å²) in [6, 6.07) is 3.45. The van der Waals surface area contributed by atoms with Crippen molar-refractivity contribution in [1.29, 1.82) is 0 Å². The van der Waals surface area contributed by atoms with Gasteiger partial charge in [-0.2, -0.15) is 0 Å². The maximum Gasteiger partial charge on any atom is 0.289 e. The van der Waals surface area contributed by atoms with Crippen molar-refractivity contribution in [2.75, 3.05) is 49.1 Å². The predicted octanol–water partition coefficient (Wildman–Crippen LogP) is 2.34. The van der Waals surface area contributed by atoms with Crippen molar-refractivity contribution in [3.63, 3.8) is 0 Å². The molecule has 2 aliphatic rings. The van der Waals surface area contributed by atoms with Crippen LogP contribution in [0.5, 0.6) is 0 Å². The summed E-state index contributed by atoms with van der Waals surface area (Å²) in [5.41, 5.74) is 0.846. The molecular formula is C20H25N7O3. The van der Waals surface area contributed by atoms with E-state index in [1.807, 2.05) is 4.90 Å². The molecule has 2 aliphatic heterocycles. The number of carbonyl (C=O) groups excluding carboxylic acids is 1. The topological polar surface area (TPSA) is 105 Å². The first-order valence-electron chi connectivity index (χ1n) is 10.6. The van der Waals surface area contributed by atoms with Gasteiger partial charge in [0.15, 0.2) is 17.4 Å². The molecule has 0 atom stereocenters. The minimum Gasteiger partial charge on any atom is -0.459 e. The zero-order valence-electron chi connectivity index (χ0n) is 16.9. The summed E-state index contributed by atoms with van der Waals surface area (Å²) in [6.07, 6.45) is 7.12. The van der Waals surface area contributed by atoms with Crippen molar-refractivity contribution in [2.45, 2.75) is 32.1 Å². The number of fused-ring (bicyclic) bond motifs is 1. The van der Waals surface area contributed by atoms with Gasteiger partial charge in [-0.05, 0) is 41.7 Å². The second-order valence-corrected chi connectivity index (χ2v) is 7.79. The normalized spacial score (nSPS) is 18.5. The molecule has 0 N–H and O–H groups in total. The fourth-order valence-corrected chi connectivity index (χ4v) is 4.22. The van der Waals surface area contributed by atoms with E-state index >= 15 is 0 Å². The number of carbonyl (C=O) groups is 1. The molecule has 3 aromatic heterocycles. The van der Waals surface area contributed by atoms with Crippen molar-refractivity contribution in [1.82, 2.24) is 25.2 Å². The third-order valence-electron chi connectivity index (χ3n) is 5.80. The Bertz CT molecular complexity index is 995. The maximum atomic E-state index is 12.7. The predicted molar refractivity (Wildman–Crippen MR) is 110 cm³/mol. The summed E-state index contributed by atoms with van der Waals surface area (Å²) >= 11 is 0. The van der Waals surface area contributed by atoms with Crippen LogP contribution in [0.25, 0.3) is 11.3 Å². The molecule has 0 spiro atoms. The lowest BCUT2D eigenvalue weighted by molar-refractivity contribution is 0.0735. The van der Waals surface area contributed by atoms with Gasteiger partial charge in [-0.15, -0.1) is 0 Å². The number of anilines is 2. The molecule has 0 bridgehead atoms. The second kappa shape index (κ2) is 8.29. The van der Waals surface area contributed by atoms with Crippen LogP contribution in [0.2, 0.25) is 0 Å². The number of amides is 1. The van der Waals surface area contributed by atoms with Crippen LogP contribution >= 0.6 is 0 Å². The standard InChI is InChI=1S/C20H25N7O3/c28-20(15-7-5-14-29-15)27-11-6-10-26(12-13-27)19-18(25-8-3-1-2-4-9-25)21-16-17(22-19)24-30-23-16/h5,7,14H,1-4,6,8-13H2. The summed E-state index contributed by atoms with van der Waals surface area (Å²) in [6.45, 7) is 4.63. The van der Waals surface area contributed by atoms with Crippen molar-refractivity contribution in [3.05, 3.63) is 24.2 Å². The molecule has 0 aromatic carbocycles. The van der Waals surface area contributed by atoms with E-state index in [-0.39, 0.29) is 5.91 Å². The zero-order valence-corrected chi connectivity index (χ0v) is 16.9. The molecule has 158 valence electrons. The number of aromatic nitrogens is 4. The summed E-state index contributed by atoms with van der Waals surface area (Å²) in [5, 5.41) is 7.80. The molecule has 2 saturated heterocycles. The third kappa shape index (κ3) is 3.69. The summed E-state index contributed by atoms with van der Waals surface area (Å²) < 4.78 is 10.2. The van der Waals surface area contributed by atoms with Crippen LogP contribution in [0, 0.1) is 0 Å². The quantitative estimate of drug-likeness (QED) is 0.642. The summed E-state index contributed by atoms with van der Waals surface area (Å²) in [7, 11) is 0. The van der Waals surface area contributed by atoms with Gasteiger partial charge in [-0.3, -0.25) is 4.79 Å². The first-order chi connectivity index (χ1) is 14.8. The monoisotopic (exact) mass is 411 g/mol. The van der Waals surface area contributed by atoms with Crippen LogP contribution in [0.3, 0.4) is 0 Å². The van der Waals surface area contributed by atoms with Gasteiger partial charge in [-0.1, -0.05) is 12.8 Å². The van der Waals surface area contributed by atoms with Crippen molar-refractivity contribution < 1.29 is 13.8 Å². The summed E-state index contributed by atoms with van der Waals surface area (Å²) in [4.78, 5) is 28.6. The molecule has 2 fully saturated rings. The van der Waals surface area contributed by atoms with Crippen LogP contribution in [0.1, 0.15) is 42.7 Å². The van der Waals surface area contributed by atoms with Crippen LogP contribution in [0.15, 0.2) is 27.4 Å². The average Bonchev–Trinajstić information content (AvgIpc) is 3.31. The molecule has 30 heavy (non-hydrogen) atoms. The van der Waals surface area contributed by atoms with Gasteiger partial charge < -0.3 is 19.1 Å². The molecule has 0 radical (unpaired) electrons. The highest BCUT2D eigenvalue weighted by Gasteiger charge is 2.27. The highest BCUT2D eigenvalue weighted by molar-refractivity contribution is 5.91. The molecule has 3 aromatic rings. The second-order valence-electron chi connectivity index (χ2n) is 7.79. The van der Waals surface area contributed by atoms with Gasteiger partial charge in [-0.25, -0.2) is 14.6 Å². The minimum absolute atomic E-state index is 0.0724. The molecule has 5 rings (SSSR count). The van der Waals surface area contributed by atoms with E-state index < -0.39 is 0 Å². The molecule has 0 saturated carbocycles. The highest BCUT2D eigenvalue weighted by Crippen LogP contribution is 2.30. The van der Waals surface area contributed by atoms with Gasteiger partial charge in [0.1, 0.15) is 0 Å². The highest BCUT2D eigenvalue weighted by atomic mass is 16.6. The van der Waals surface area contributed by atoms with Crippen molar-refractivity contribution >= 4 is 28.8 Å². The average molecular weight is 411 g/mol. The van der Waals surface area contributed by atoms with Crippen molar-refractivity contribution in [3.8, 4) is 0 Å². The molecule has 10 nitrogen and oxygen atoms in total. The lowest BCUT2D eigenvalue weighted by atomic mass is 10.2. The number of hydrogen-bond donors (Lipinski definition) is 0. The fraction of sp³-hybridized carbons (Fsp3) is 0.550. The lowest BCUT2D eigenvalue weighted by Gasteiger charge is -2.28. The molecule has 5 heterocycles. The first-order valence-corrected chi connectivity index (χ1v) is 10.6. The Morgan fingerprint density at radius 1 is 0.800 bits per heavy atom. The van der Waals surface area contributed by atoms with E-state index in [9.17, 15) is 4.79 Å². The number of nitrogens with zero attached hydrogens (tertiary/aromatic N) is 7. The number of furan rings is 1. The van der Waals surface area contributed by atoms with Crippen LogP contribution in [-0.4, -0.2) is 70.4 Å². The van der Waals surface area contributed by atoms with Gasteiger partial charge in [0, 0.05) is 39.3 Å². The molecule has 0 aliphatic carbocycles. The lowest BCUT2D eigenvalue weighted by Crippen LogP contribution is -2.36. The zero-order chi connectivity index (χ0) is 20.3. The SMILES string of the molecule is O=C(c1ccco1)N1CCCN(c2nc3nonc3nc2N2CCCCCC2)CC1. The minimum atomic E-state index is -0.0724. The first kappa shape index (κ1) is 18.8. The third-order valence-corrected chi connectivity index (χ3v) is 5.80. The van der Waals surface area contributed by atoms with E-state index in [0.29, 0.717) is 36.7 Å². The van der Waals surface area contributed by atoms with Crippen molar-refractivity contribution in [2.24, 2.45) is 0 Å². The Labute approximate surface area is 173 Å². The number of hydrogen-bond acceptors (Lipinski definition) is 9. The smallest absolute Gasteiger partial charge is 0.289 e. The van der Waals surface area contributed by atoms with Gasteiger partial charge in [0.2, 0.25) is 11.3 Å². The van der Waals surface area contributed by atoms with Gasteiger partial charge in [0.05, 0.1) is 6.26 Å². The molecule has 10 heteroatoms. The molecular weight excluding hydrogens is 386 g/mol.